The molecule has 0 saturated heterocycles. The van der Waals surface area contributed by atoms with Gasteiger partial charge in [-0.3, -0.25) is 4.79 Å². The number of rotatable bonds is 2. The van der Waals surface area contributed by atoms with Crippen LogP contribution in [0.5, 0.6) is 0 Å². The number of aryl methyl sites for hydroxylation is 2. The Bertz CT molecular complexity index is 529. The van der Waals surface area contributed by atoms with E-state index in [0.29, 0.717) is 5.56 Å². The fraction of sp³-hybridized carbons (Fsp3) is 0.273. The van der Waals surface area contributed by atoms with Crippen molar-refractivity contribution in [2.75, 3.05) is 6.61 Å². The van der Waals surface area contributed by atoms with Gasteiger partial charge in [-0.2, -0.15) is 0 Å². The highest BCUT2D eigenvalue weighted by Crippen LogP contribution is 2.16. The highest BCUT2D eigenvalue weighted by atomic mass is 16.3. The third kappa shape index (κ3) is 1.53. The Labute approximate surface area is 87.2 Å². The summed E-state index contributed by atoms with van der Waals surface area (Å²) < 4.78 is 1.96. The Morgan fingerprint density at radius 2 is 2.27 bits per heavy atom. The number of fused-ring (bicyclic) bond motifs is 1. The lowest BCUT2D eigenvalue weighted by Gasteiger charge is -1.98. The molecule has 15 heavy (non-hydrogen) atoms. The summed E-state index contributed by atoms with van der Waals surface area (Å²) in [7, 11) is 1.93. The quantitative estimate of drug-likeness (QED) is 0.744. The second kappa shape index (κ2) is 3.47. The van der Waals surface area contributed by atoms with Crippen LogP contribution in [0.3, 0.4) is 0 Å². The Morgan fingerprint density at radius 3 is 2.93 bits per heavy atom. The highest BCUT2D eigenvalue weighted by Gasteiger charge is 2.08. The molecule has 78 valence electrons. The van der Waals surface area contributed by atoms with Crippen molar-refractivity contribution in [2.24, 2.45) is 7.05 Å². The van der Waals surface area contributed by atoms with Gasteiger partial charge in [-0.15, -0.1) is 0 Å². The van der Waals surface area contributed by atoms with E-state index < -0.39 is 6.61 Å². The van der Waals surface area contributed by atoms with E-state index in [1.165, 1.54) is 0 Å². The van der Waals surface area contributed by atoms with Crippen molar-refractivity contribution in [3.8, 4) is 0 Å². The maximum Gasteiger partial charge on any atom is 0.188 e. The third-order valence-corrected chi connectivity index (χ3v) is 2.57. The molecule has 0 aliphatic rings. The number of nitrogens with zero attached hydrogens (tertiary/aromatic N) is 2. The first-order chi connectivity index (χ1) is 7.13. The van der Waals surface area contributed by atoms with Gasteiger partial charge in [0, 0.05) is 12.6 Å². The summed E-state index contributed by atoms with van der Waals surface area (Å²) in [6.45, 7) is 1.45. The van der Waals surface area contributed by atoms with Crippen molar-refractivity contribution in [3.63, 3.8) is 0 Å². The van der Waals surface area contributed by atoms with Crippen LogP contribution < -0.4 is 0 Å². The van der Waals surface area contributed by atoms with E-state index in [9.17, 15) is 4.79 Å². The maximum atomic E-state index is 11.3. The first-order valence-corrected chi connectivity index (χ1v) is 4.70. The molecule has 0 radical (unpaired) electrons. The van der Waals surface area contributed by atoms with Crippen LogP contribution >= 0.6 is 0 Å². The molecule has 0 amide bonds. The first-order valence-electron chi connectivity index (χ1n) is 4.70. The minimum absolute atomic E-state index is 0.278. The number of aromatic nitrogens is 2. The first kappa shape index (κ1) is 9.86. The van der Waals surface area contributed by atoms with Gasteiger partial charge < -0.3 is 9.67 Å². The van der Waals surface area contributed by atoms with Crippen molar-refractivity contribution in [1.82, 2.24) is 9.55 Å². The summed E-state index contributed by atoms with van der Waals surface area (Å²) in [6.07, 6.45) is 0. The molecule has 4 nitrogen and oxygen atoms in total. The maximum absolute atomic E-state index is 11.3. The fourth-order valence-corrected chi connectivity index (χ4v) is 1.58. The molecule has 1 aromatic heterocycles. The molecule has 4 heteroatoms. The van der Waals surface area contributed by atoms with Crippen LogP contribution in [0, 0.1) is 6.92 Å². The molecule has 2 rings (SSSR count). The van der Waals surface area contributed by atoms with Crippen molar-refractivity contribution in [1.29, 1.82) is 0 Å². The summed E-state index contributed by atoms with van der Waals surface area (Å²) in [5.41, 5.74) is 2.28. The van der Waals surface area contributed by atoms with Gasteiger partial charge in [-0.1, -0.05) is 0 Å². The molecule has 0 fully saturated rings. The summed E-state index contributed by atoms with van der Waals surface area (Å²) in [5.74, 6) is 0.624. The molecule has 0 atom stereocenters. The molecular formula is C11H12N2O2. The zero-order valence-corrected chi connectivity index (χ0v) is 8.69. The number of carbonyl (C=O) groups excluding carboxylic acids is 1. The lowest BCUT2D eigenvalue weighted by molar-refractivity contribution is 0.0904. The van der Waals surface area contributed by atoms with Gasteiger partial charge in [-0.05, 0) is 25.1 Å². The topological polar surface area (TPSA) is 55.1 Å². The highest BCUT2D eigenvalue weighted by molar-refractivity contribution is 5.99. The lowest BCUT2D eigenvalue weighted by atomic mass is 10.1. The Morgan fingerprint density at radius 1 is 1.53 bits per heavy atom. The molecule has 1 heterocycles. The third-order valence-electron chi connectivity index (χ3n) is 2.57. The summed E-state index contributed by atoms with van der Waals surface area (Å²) in [4.78, 5) is 15.6. The van der Waals surface area contributed by atoms with Crippen molar-refractivity contribution < 1.29 is 9.90 Å². The largest absolute Gasteiger partial charge is 0.388 e. The average molecular weight is 204 g/mol. The predicted octanol–water partition coefficient (Wildman–Crippen LogP) is 1.06. The predicted molar refractivity (Wildman–Crippen MR) is 56.9 cm³/mol. The Hall–Kier alpha value is -1.68. The van der Waals surface area contributed by atoms with Crippen LogP contribution in [-0.2, 0) is 7.05 Å². The molecule has 1 N–H and O–H groups in total. The number of hydrogen-bond acceptors (Lipinski definition) is 3. The molecule has 1 aromatic carbocycles. The number of benzene rings is 1. The standard InChI is InChI=1S/C11H12N2O2/c1-7-12-9-5-8(11(15)6-14)3-4-10(9)13(7)2/h3-5,14H,6H2,1-2H3. The summed E-state index contributed by atoms with van der Waals surface area (Å²) >= 11 is 0. The molecule has 0 aliphatic carbocycles. The van der Waals surface area contributed by atoms with E-state index in [1.54, 1.807) is 12.1 Å². The number of hydrogen-bond donors (Lipinski definition) is 1. The van der Waals surface area contributed by atoms with Crippen LogP contribution in [0.2, 0.25) is 0 Å². The minimum atomic E-state index is -0.461. The zero-order valence-electron chi connectivity index (χ0n) is 8.69. The molecular weight excluding hydrogens is 192 g/mol. The van der Waals surface area contributed by atoms with Crippen LogP contribution in [0.1, 0.15) is 16.2 Å². The van der Waals surface area contributed by atoms with Crippen LogP contribution in [0.4, 0.5) is 0 Å². The monoisotopic (exact) mass is 204 g/mol. The minimum Gasteiger partial charge on any atom is -0.388 e. The zero-order chi connectivity index (χ0) is 11.0. The Balaban J connectivity index is 2.62. The van der Waals surface area contributed by atoms with Crippen LogP contribution in [0.25, 0.3) is 11.0 Å². The lowest BCUT2D eigenvalue weighted by Crippen LogP contribution is -2.03. The number of Topliss-reactive ketones (excluding diaryl/α,β-unsaturated/α-hetero) is 1. The van der Waals surface area contributed by atoms with Gasteiger partial charge in [0.15, 0.2) is 5.78 Å². The summed E-state index contributed by atoms with van der Waals surface area (Å²) in [6, 6.07) is 5.26. The van der Waals surface area contributed by atoms with Crippen molar-refractivity contribution >= 4 is 16.8 Å². The number of carbonyl (C=O) groups is 1. The summed E-state index contributed by atoms with van der Waals surface area (Å²) in [5, 5.41) is 8.74. The van der Waals surface area contributed by atoms with Gasteiger partial charge in [0.05, 0.1) is 11.0 Å². The normalized spacial score (nSPS) is 10.9. The fourth-order valence-electron chi connectivity index (χ4n) is 1.58. The Kier molecular flexibility index (Phi) is 2.28. The van der Waals surface area contributed by atoms with E-state index in [2.05, 4.69) is 4.98 Å². The second-order valence-corrected chi connectivity index (χ2v) is 3.50. The molecule has 2 aromatic rings. The number of aliphatic hydroxyl groups excluding tert-OH is 1. The van der Waals surface area contributed by atoms with E-state index in [1.807, 2.05) is 24.6 Å². The van der Waals surface area contributed by atoms with Crippen molar-refractivity contribution in [2.45, 2.75) is 6.92 Å². The van der Waals surface area contributed by atoms with E-state index in [0.717, 1.165) is 16.9 Å². The number of ketones is 1. The molecule has 0 spiro atoms. The molecule has 0 saturated carbocycles. The molecule has 0 unspecified atom stereocenters. The SMILES string of the molecule is Cc1nc2cc(C(=O)CO)ccc2n1C. The van der Waals surface area contributed by atoms with Gasteiger partial charge in [0.1, 0.15) is 12.4 Å². The van der Waals surface area contributed by atoms with Gasteiger partial charge in [0.25, 0.3) is 0 Å². The second-order valence-electron chi connectivity index (χ2n) is 3.50. The average Bonchev–Trinajstić information content (AvgIpc) is 2.53. The molecule has 0 bridgehead atoms. The van der Waals surface area contributed by atoms with E-state index in [4.69, 9.17) is 5.11 Å². The van der Waals surface area contributed by atoms with Gasteiger partial charge in [0.2, 0.25) is 0 Å². The van der Waals surface area contributed by atoms with E-state index in [-0.39, 0.29) is 5.78 Å². The van der Waals surface area contributed by atoms with Crippen molar-refractivity contribution in [3.05, 3.63) is 29.6 Å². The number of aliphatic hydroxyl groups is 1. The molecule has 0 aliphatic heterocycles. The van der Waals surface area contributed by atoms with Gasteiger partial charge >= 0.3 is 0 Å². The number of imidazole rings is 1. The van der Waals surface area contributed by atoms with E-state index >= 15 is 0 Å². The van der Waals surface area contributed by atoms with Crippen LogP contribution in [0.15, 0.2) is 18.2 Å². The van der Waals surface area contributed by atoms with Gasteiger partial charge in [-0.25, -0.2) is 4.98 Å². The van der Waals surface area contributed by atoms with Crippen LogP contribution in [-0.4, -0.2) is 27.0 Å². The smallest absolute Gasteiger partial charge is 0.188 e.